The number of carbonyl (C=O) groups is 2. The Morgan fingerprint density at radius 3 is 2.45 bits per heavy atom. The van der Waals surface area contributed by atoms with Crippen molar-refractivity contribution in [2.45, 2.75) is 39.5 Å². The van der Waals surface area contributed by atoms with Crippen LogP contribution in [0.2, 0.25) is 0 Å². The number of rotatable bonds is 14. The second kappa shape index (κ2) is 14.1. The zero-order valence-electron chi connectivity index (χ0n) is 25.1. The van der Waals surface area contributed by atoms with E-state index in [1.807, 2.05) is 25.1 Å². The SMILES string of the molecule is CCO/N=C1\C(=O)N(CCCCCCOc2ccc3oc(-c4ccc(F)cc4)c(C(=O)OCC)c3c2)c2ccc(OC)cc21. The van der Waals surface area contributed by atoms with E-state index in [1.165, 1.54) is 12.1 Å². The Balaban J connectivity index is 1.17. The molecule has 0 bridgehead atoms. The molecule has 3 aromatic carbocycles. The number of hydrogen-bond acceptors (Lipinski definition) is 8. The molecule has 1 aliphatic rings. The minimum Gasteiger partial charge on any atom is -0.497 e. The summed E-state index contributed by atoms with van der Waals surface area (Å²) in [5.74, 6) is 0.507. The minimum absolute atomic E-state index is 0.176. The van der Waals surface area contributed by atoms with Gasteiger partial charge in [0.25, 0.3) is 5.91 Å². The molecule has 0 spiro atoms. The number of carbonyl (C=O) groups excluding carboxylic acids is 2. The number of halogens is 1. The first kappa shape index (κ1) is 30.6. The fraction of sp³-hybridized carbons (Fsp3) is 0.324. The van der Waals surface area contributed by atoms with E-state index in [4.69, 9.17) is 23.5 Å². The zero-order valence-corrected chi connectivity index (χ0v) is 25.1. The van der Waals surface area contributed by atoms with Crippen LogP contribution in [-0.2, 0) is 14.4 Å². The lowest BCUT2D eigenvalue weighted by atomic mass is 10.1. The highest BCUT2D eigenvalue weighted by molar-refractivity contribution is 6.54. The molecule has 0 saturated heterocycles. The molecular weight excluding hydrogens is 567 g/mol. The van der Waals surface area contributed by atoms with E-state index in [-0.39, 0.29) is 23.9 Å². The number of hydrogen-bond donors (Lipinski definition) is 0. The van der Waals surface area contributed by atoms with Crippen molar-refractivity contribution in [1.29, 1.82) is 0 Å². The summed E-state index contributed by atoms with van der Waals surface area (Å²) in [7, 11) is 1.59. The zero-order chi connectivity index (χ0) is 31.1. The highest BCUT2D eigenvalue weighted by atomic mass is 19.1. The summed E-state index contributed by atoms with van der Waals surface area (Å²) in [6.07, 6.45) is 3.45. The van der Waals surface area contributed by atoms with Crippen LogP contribution in [0.3, 0.4) is 0 Å². The highest BCUT2D eigenvalue weighted by Crippen LogP contribution is 2.36. The number of fused-ring (bicyclic) bond motifs is 2. The Hall–Kier alpha value is -4.86. The van der Waals surface area contributed by atoms with Gasteiger partial charge in [0.15, 0.2) is 5.71 Å². The van der Waals surface area contributed by atoms with E-state index in [1.54, 1.807) is 49.3 Å². The molecule has 0 saturated carbocycles. The van der Waals surface area contributed by atoms with Gasteiger partial charge in [-0.25, -0.2) is 9.18 Å². The monoisotopic (exact) mass is 602 g/mol. The van der Waals surface area contributed by atoms with E-state index < -0.39 is 5.97 Å². The lowest BCUT2D eigenvalue weighted by Crippen LogP contribution is -2.31. The van der Waals surface area contributed by atoms with Gasteiger partial charge in [0, 0.05) is 23.1 Å². The predicted molar refractivity (Wildman–Crippen MR) is 165 cm³/mol. The van der Waals surface area contributed by atoms with Gasteiger partial charge in [0.2, 0.25) is 0 Å². The van der Waals surface area contributed by atoms with Crippen molar-refractivity contribution in [3.05, 3.63) is 77.6 Å². The summed E-state index contributed by atoms with van der Waals surface area (Å²) in [4.78, 5) is 32.9. The minimum atomic E-state index is -0.516. The maximum absolute atomic E-state index is 13.5. The van der Waals surface area contributed by atoms with E-state index in [0.717, 1.165) is 31.4 Å². The first-order chi connectivity index (χ1) is 21.4. The molecule has 1 aromatic heterocycles. The standard InChI is InChI=1S/C34H35FN2O7/c1-4-41-34(39)30-27-21-25(15-17-29(27)44-32(30)22-10-12-23(35)13-11-22)42-19-9-7-6-8-18-37-28-16-14-24(40-3)20-26(28)31(33(37)38)36-43-5-2/h10-17,20-21H,4-9,18-19H2,1-3H3/b36-31-. The lowest BCUT2D eigenvalue weighted by molar-refractivity contribution is -0.112. The van der Waals surface area contributed by atoms with Crippen LogP contribution in [0.25, 0.3) is 22.3 Å². The average molecular weight is 603 g/mol. The van der Waals surface area contributed by atoms with Crippen molar-refractivity contribution >= 4 is 34.2 Å². The Bertz CT molecular complexity index is 1660. The summed E-state index contributed by atoms with van der Waals surface area (Å²) < 4.78 is 36.1. The predicted octanol–water partition coefficient (Wildman–Crippen LogP) is 7.15. The Labute approximate surface area is 255 Å². The number of anilines is 1. The van der Waals surface area contributed by atoms with Crippen molar-refractivity contribution in [2.24, 2.45) is 5.16 Å². The molecule has 0 atom stereocenters. The molecule has 10 heteroatoms. The number of benzene rings is 3. The fourth-order valence-corrected chi connectivity index (χ4v) is 5.15. The molecule has 1 amide bonds. The van der Waals surface area contributed by atoms with Gasteiger partial charge in [-0.15, -0.1) is 0 Å². The molecule has 5 rings (SSSR count). The molecule has 0 radical (unpaired) electrons. The molecular formula is C34H35FN2O7. The third kappa shape index (κ3) is 6.54. The smallest absolute Gasteiger partial charge is 0.342 e. The summed E-state index contributed by atoms with van der Waals surface area (Å²) in [5.41, 5.74) is 3.17. The highest BCUT2D eigenvalue weighted by Gasteiger charge is 2.34. The van der Waals surface area contributed by atoms with Gasteiger partial charge in [-0.05, 0) is 87.4 Å². The first-order valence-electron chi connectivity index (χ1n) is 14.8. The Morgan fingerprint density at radius 1 is 0.932 bits per heavy atom. The van der Waals surface area contributed by atoms with Gasteiger partial charge in [-0.3, -0.25) is 4.79 Å². The second-order valence-corrected chi connectivity index (χ2v) is 10.2. The number of nitrogens with zero attached hydrogens (tertiary/aromatic N) is 2. The van der Waals surface area contributed by atoms with Gasteiger partial charge in [0.1, 0.15) is 40.8 Å². The summed E-state index contributed by atoms with van der Waals surface area (Å²) >= 11 is 0. The topological polar surface area (TPSA) is 99.8 Å². The van der Waals surface area contributed by atoms with Gasteiger partial charge >= 0.3 is 5.97 Å². The maximum atomic E-state index is 13.5. The molecule has 0 aliphatic carbocycles. The number of unbranched alkanes of at least 4 members (excludes halogenated alkanes) is 3. The second-order valence-electron chi connectivity index (χ2n) is 10.2. The Morgan fingerprint density at radius 2 is 1.70 bits per heavy atom. The number of amides is 1. The number of oxime groups is 1. The van der Waals surface area contributed by atoms with E-state index in [2.05, 4.69) is 5.16 Å². The summed E-state index contributed by atoms with van der Waals surface area (Å²) in [6.45, 7) is 5.19. The van der Waals surface area contributed by atoms with E-state index in [9.17, 15) is 14.0 Å². The van der Waals surface area contributed by atoms with Crippen molar-refractivity contribution in [2.75, 3.05) is 38.4 Å². The van der Waals surface area contributed by atoms with Crippen LogP contribution in [0.4, 0.5) is 10.1 Å². The molecule has 0 N–H and O–H groups in total. The average Bonchev–Trinajstić information content (AvgIpc) is 3.54. The Kier molecular flexibility index (Phi) is 9.79. The van der Waals surface area contributed by atoms with Crippen LogP contribution in [0, 0.1) is 5.82 Å². The van der Waals surface area contributed by atoms with Crippen LogP contribution >= 0.6 is 0 Å². The van der Waals surface area contributed by atoms with Crippen molar-refractivity contribution in [3.8, 4) is 22.8 Å². The van der Waals surface area contributed by atoms with Gasteiger partial charge in [-0.2, -0.15) is 0 Å². The van der Waals surface area contributed by atoms with Crippen molar-refractivity contribution < 1.29 is 37.4 Å². The number of ether oxygens (including phenoxy) is 3. The van der Waals surface area contributed by atoms with E-state index >= 15 is 0 Å². The van der Waals surface area contributed by atoms with Crippen molar-refractivity contribution in [3.63, 3.8) is 0 Å². The lowest BCUT2D eigenvalue weighted by Gasteiger charge is -2.17. The fourth-order valence-electron chi connectivity index (χ4n) is 5.15. The van der Waals surface area contributed by atoms with Gasteiger partial charge in [0.05, 0.1) is 26.0 Å². The molecule has 0 fully saturated rings. The molecule has 0 unspecified atom stereocenters. The molecule has 9 nitrogen and oxygen atoms in total. The van der Waals surface area contributed by atoms with E-state index in [0.29, 0.717) is 64.8 Å². The van der Waals surface area contributed by atoms with Crippen LogP contribution in [-0.4, -0.2) is 51.1 Å². The third-order valence-electron chi connectivity index (χ3n) is 7.27. The number of esters is 1. The normalized spacial score (nSPS) is 13.4. The third-order valence-corrected chi connectivity index (χ3v) is 7.27. The quantitative estimate of drug-likeness (QED) is 0.0858. The maximum Gasteiger partial charge on any atom is 0.342 e. The summed E-state index contributed by atoms with van der Waals surface area (Å²) in [6, 6.07) is 16.6. The summed E-state index contributed by atoms with van der Waals surface area (Å²) in [5, 5.41) is 4.63. The first-order valence-corrected chi connectivity index (χ1v) is 14.8. The van der Waals surface area contributed by atoms with Crippen molar-refractivity contribution in [1.82, 2.24) is 0 Å². The van der Waals surface area contributed by atoms with Gasteiger partial charge < -0.3 is 28.4 Å². The van der Waals surface area contributed by atoms with Crippen LogP contribution in [0.15, 0.2) is 70.2 Å². The molecule has 2 heterocycles. The number of furan rings is 1. The molecule has 230 valence electrons. The van der Waals surface area contributed by atoms with Crippen LogP contribution in [0.5, 0.6) is 11.5 Å². The molecule has 1 aliphatic heterocycles. The number of methoxy groups -OCH3 is 1. The van der Waals surface area contributed by atoms with Crippen LogP contribution in [0.1, 0.15) is 55.5 Å². The van der Waals surface area contributed by atoms with Gasteiger partial charge in [-0.1, -0.05) is 18.0 Å². The molecule has 4 aromatic rings. The largest absolute Gasteiger partial charge is 0.497 e. The van der Waals surface area contributed by atoms with Crippen LogP contribution < -0.4 is 14.4 Å². The molecule has 44 heavy (non-hydrogen) atoms.